The van der Waals surface area contributed by atoms with Crippen molar-refractivity contribution in [3.63, 3.8) is 0 Å². The van der Waals surface area contributed by atoms with Crippen LogP contribution in [0.1, 0.15) is 20.8 Å². The monoisotopic (exact) mass is 365 g/mol. The smallest absolute Gasteiger partial charge is 0.308 e. The van der Waals surface area contributed by atoms with Crippen LogP contribution in [0.2, 0.25) is 0 Å². The van der Waals surface area contributed by atoms with E-state index in [9.17, 15) is 14.4 Å². The Morgan fingerprint density at radius 2 is 1.59 bits per heavy atom. The molecule has 140 valence electrons. The average Bonchev–Trinajstić information content (AvgIpc) is 2.66. The zero-order valence-corrected chi connectivity index (χ0v) is 15.8. The van der Waals surface area contributed by atoms with E-state index in [0.717, 1.165) is 10.3 Å². The van der Waals surface area contributed by atoms with Crippen LogP contribution in [0.3, 0.4) is 0 Å². The molecular weight excluding hydrogens is 342 g/mol. The number of aromatic nitrogens is 2. The van der Waals surface area contributed by atoms with Gasteiger partial charge in [0.2, 0.25) is 5.91 Å². The molecule has 27 heavy (non-hydrogen) atoms. The molecule has 0 radical (unpaired) electrons. The van der Waals surface area contributed by atoms with Gasteiger partial charge in [-0.3, -0.25) is 18.7 Å². The third kappa shape index (κ3) is 3.43. The van der Waals surface area contributed by atoms with Crippen LogP contribution >= 0.6 is 0 Å². The number of benzene rings is 2. The topological polar surface area (TPSA) is 64.3 Å². The second-order valence-electron chi connectivity index (χ2n) is 6.63. The number of hydrogen-bond donors (Lipinski definition) is 0. The third-order valence-corrected chi connectivity index (χ3v) is 4.56. The molecule has 0 aliphatic rings. The number of carbonyl (C=O) groups is 1. The number of hydrogen-bond acceptors (Lipinski definition) is 3. The summed E-state index contributed by atoms with van der Waals surface area (Å²) in [7, 11) is 0. The number of rotatable bonds is 5. The molecule has 6 heteroatoms. The van der Waals surface area contributed by atoms with Gasteiger partial charge in [-0.15, -0.1) is 0 Å². The van der Waals surface area contributed by atoms with Crippen molar-refractivity contribution in [2.75, 3.05) is 4.90 Å². The normalized spacial score (nSPS) is 11.1. The van der Waals surface area contributed by atoms with Crippen molar-refractivity contribution in [2.45, 2.75) is 39.9 Å². The Bertz CT molecular complexity index is 1080. The van der Waals surface area contributed by atoms with Crippen LogP contribution < -0.4 is 16.1 Å². The molecule has 0 N–H and O–H groups in total. The summed E-state index contributed by atoms with van der Waals surface area (Å²) in [6.45, 7) is 5.72. The lowest BCUT2D eigenvalue weighted by molar-refractivity contribution is -0.119. The summed E-state index contributed by atoms with van der Waals surface area (Å²) >= 11 is 0. The summed E-state index contributed by atoms with van der Waals surface area (Å²) in [5.74, 6) is -0.204. The van der Waals surface area contributed by atoms with Crippen molar-refractivity contribution < 1.29 is 4.79 Å². The van der Waals surface area contributed by atoms with E-state index in [1.807, 2.05) is 44.2 Å². The van der Waals surface area contributed by atoms with E-state index in [0.29, 0.717) is 10.9 Å². The van der Waals surface area contributed by atoms with Gasteiger partial charge in [0.25, 0.3) is 5.56 Å². The molecule has 2 aromatic carbocycles. The molecule has 3 rings (SSSR count). The average molecular weight is 365 g/mol. The number of carbonyl (C=O) groups excluding carboxylic acids is 1. The van der Waals surface area contributed by atoms with E-state index >= 15 is 0 Å². The van der Waals surface area contributed by atoms with Crippen LogP contribution in [0.4, 0.5) is 5.69 Å². The standard InChI is InChI=1S/C21H23N3O3/c1-4-22-20(26)17-12-8-9-13-18(17)23(21(22)27)14-19(25)24(15(2)3)16-10-6-5-7-11-16/h5-13,15H,4,14H2,1-3H3. The molecule has 0 aliphatic carbocycles. The van der Waals surface area contributed by atoms with E-state index in [1.54, 1.807) is 36.1 Å². The van der Waals surface area contributed by atoms with Gasteiger partial charge in [-0.2, -0.15) is 0 Å². The molecule has 1 aromatic heterocycles. The first kappa shape index (κ1) is 18.6. The zero-order valence-electron chi connectivity index (χ0n) is 15.8. The van der Waals surface area contributed by atoms with Crippen LogP contribution in [0, 0.1) is 0 Å². The highest BCUT2D eigenvalue weighted by molar-refractivity contribution is 5.94. The Balaban J connectivity index is 2.12. The van der Waals surface area contributed by atoms with Gasteiger partial charge in [0.15, 0.2) is 0 Å². The van der Waals surface area contributed by atoms with Gasteiger partial charge in [-0.25, -0.2) is 4.79 Å². The highest BCUT2D eigenvalue weighted by Crippen LogP contribution is 2.17. The zero-order chi connectivity index (χ0) is 19.6. The molecule has 0 aliphatic heterocycles. The van der Waals surface area contributed by atoms with Crippen molar-refractivity contribution in [1.82, 2.24) is 9.13 Å². The Morgan fingerprint density at radius 1 is 0.963 bits per heavy atom. The minimum Gasteiger partial charge on any atom is -0.308 e. The second kappa shape index (κ2) is 7.61. The lowest BCUT2D eigenvalue weighted by Crippen LogP contribution is -2.45. The number of anilines is 1. The quantitative estimate of drug-likeness (QED) is 0.698. The molecular formula is C21H23N3O3. The summed E-state index contributed by atoms with van der Waals surface area (Å²) in [6, 6.07) is 16.2. The predicted molar refractivity (Wildman–Crippen MR) is 107 cm³/mol. The molecule has 6 nitrogen and oxygen atoms in total. The minimum absolute atomic E-state index is 0.0704. The number of amides is 1. The Morgan fingerprint density at radius 3 is 2.22 bits per heavy atom. The molecule has 0 atom stereocenters. The van der Waals surface area contributed by atoms with Crippen LogP contribution in [0.15, 0.2) is 64.2 Å². The van der Waals surface area contributed by atoms with E-state index in [4.69, 9.17) is 0 Å². The van der Waals surface area contributed by atoms with Gasteiger partial charge >= 0.3 is 5.69 Å². The van der Waals surface area contributed by atoms with Crippen molar-refractivity contribution in [1.29, 1.82) is 0 Å². The van der Waals surface area contributed by atoms with Crippen molar-refractivity contribution in [3.05, 3.63) is 75.4 Å². The van der Waals surface area contributed by atoms with E-state index < -0.39 is 5.69 Å². The maximum atomic E-state index is 13.1. The first-order valence-corrected chi connectivity index (χ1v) is 9.05. The third-order valence-electron chi connectivity index (χ3n) is 4.56. The summed E-state index contributed by atoms with van der Waals surface area (Å²) in [6.07, 6.45) is 0. The minimum atomic E-state index is -0.466. The largest absolute Gasteiger partial charge is 0.331 e. The molecule has 0 saturated carbocycles. The number of para-hydroxylation sites is 2. The van der Waals surface area contributed by atoms with Gasteiger partial charge in [0.1, 0.15) is 6.54 Å². The maximum Gasteiger partial charge on any atom is 0.331 e. The van der Waals surface area contributed by atoms with Crippen LogP contribution in [0.25, 0.3) is 10.9 Å². The summed E-state index contributed by atoms with van der Waals surface area (Å²) in [5, 5.41) is 0.433. The van der Waals surface area contributed by atoms with E-state index in [2.05, 4.69) is 0 Å². The Hall–Kier alpha value is -3.15. The summed E-state index contributed by atoms with van der Waals surface area (Å²) in [4.78, 5) is 40.2. The van der Waals surface area contributed by atoms with Crippen molar-refractivity contribution in [3.8, 4) is 0 Å². The second-order valence-corrected chi connectivity index (χ2v) is 6.63. The first-order chi connectivity index (χ1) is 13.0. The number of nitrogens with zero attached hydrogens (tertiary/aromatic N) is 3. The van der Waals surface area contributed by atoms with Gasteiger partial charge in [0.05, 0.1) is 10.9 Å². The lowest BCUT2D eigenvalue weighted by atomic mass is 10.2. The fourth-order valence-corrected chi connectivity index (χ4v) is 3.33. The van der Waals surface area contributed by atoms with Gasteiger partial charge < -0.3 is 4.90 Å². The van der Waals surface area contributed by atoms with Crippen molar-refractivity contribution >= 4 is 22.5 Å². The van der Waals surface area contributed by atoms with Crippen LogP contribution in [0.5, 0.6) is 0 Å². The molecule has 0 unspecified atom stereocenters. The molecule has 0 saturated heterocycles. The van der Waals surface area contributed by atoms with Gasteiger partial charge in [-0.05, 0) is 45.0 Å². The van der Waals surface area contributed by atoms with Crippen LogP contribution in [-0.2, 0) is 17.9 Å². The highest BCUT2D eigenvalue weighted by Gasteiger charge is 2.21. The fourth-order valence-electron chi connectivity index (χ4n) is 3.33. The first-order valence-electron chi connectivity index (χ1n) is 9.05. The van der Waals surface area contributed by atoms with E-state index in [1.165, 1.54) is 4.57 Å². The molecule has 1 heterocycles. The van der Waals surface area contributed by atoms with Crippen LogP contribution in [-0.4, -0.2) is 21.1 Å². The van der Waals surface area contributed by atoms with Gasteiger partial charge in [-0.1, -0.05) is 30.3 Å². The SMILES string of the molecule is CCn1c(=O)c2ccccc2n(CC(=O)N(c2ccccc2)C(C)C)c1=O. The van der Waals surface area contributed by atoms with Gasteiger partial charge in [0, 0.05) is 18.3 Å². The Labute approximate surface area is 157 Å². The number of fused-ring (bicyclic) bond motifs is 1. The molecule has 1 amide bonds. The fraction of sp³-hybridized carbons (Fsp3) is 0.286. The summed E-state index contributed by atoms with van der Waals surface area (Å²) in [5.41, 5.74) is 0.456. The van der Waals surface area contributed by atoms with E-state index in [-0.39, 0.29) is 30.6 Å². The highest BCUT2D eigenvalue weighted by atomic mass is 16.2. The molecule has 0 fully saturated rings. The van der Waals surface area contributed by atoms with Crippen molar-refractivity contribution in [2.24, 2.45) is 0 Å². The molecule has 0 spiro atoms. The predicted octanol–water partition coefficient (Wildman–Crippen LogP) is 2.62. The summed E-state index contributed by atoms with van der Waals surface area (Å²) < 4.78 is 2.55. The lowest BCUT2D eigenvalue weighted by Gasteiger charge is -2.27. The molecule has 0 bridgehead atoms. The Kier molecular flexibility index (Phi) is 5.26. The molecule has 3 aromatic rings. The maximum absolute atomic E-state index is 13.1.